The van der Waals surface area contributed by atoms with Gasteiger partial charge in [0.25, 0.3) is 0 Å². The summed E-state index contributed by atoms with van der Waals surface area (Å²) in [5.74, 6) is 0. The molecule has 0 aliphatic heterocycles. The van der Waals surface area contributed by atoms with Crippen LogP contribution >= 0.6 is 0 Å². The Morgan fingerprint density at radius 3 is 0.833 bits per heavy atom. The summed E-state index contributed by atoms with van der Waals surface area (Å²) in [7, 11) is 9.29. The molecule has 0 aliphatic rings. The van der Waals surface area contributed by atoms with Gasteiger partial charge in [0, 0.05) is 42.3 Å². The molecule has 1 aromatic heterocycles. The molecule has 1 rings (SSSR count). The van der Waals surface area contributed by atoms with Crippen molar-refractivity contribution in [1.82, 2.24) is 14.0 Å². The molecular formula is C9H18N6O3. The highest BCUT2D eigenvalue weighted by atomic mass is 16.2. The number of hydrogen-bond acceptors (Lipinski definition) is 6. The van der Waals surface area contributed by atoms with E-state index in [0.29, 0.717) is 0 Å². The van der Waals surface area contributed by atoms with E-state index in [1.165, 1.54) is 15.0 Å². The van der Waals surface area contributed by atoms with Crippen LogP contribution in [0.4, 0.5) is 0 Å². The molecule has 102 valence electrons. The summed E-state index contributed by atoms with van der Waals surface area (Å²) in [6.07, 6.45) is 0. The van der Waals surface area contributed by atoms with Crippen molar-refractivity contribution in [3.8, 4) is 0 Å². The van der Waals surface area contributed by atoms with Crippen LogP contribution in [0.5, 0.6) is 0 Å². The van der Waals surface area contributed by atoms with Crippen LogP contribution in [0.3, 0.4) is 0 Å². The lowest BCUT2D eigenvalue weighted by atomic mass is 10.8. The van der Waals surface area contributed by atoms with Crippen LogP contribution in [0.2, 0.25) is 0 Å². The molecule has 9 nitrogen and oxygen atoms in total. The molecule has 9 heteroatoms. The van der Waals surface area contributed by atoms with Gasteiger partial charge in [-0.05, 0) is 0 Å². The van der Waals surface area contributed by atoms with Gasteiger partial charge in [-0.3, -0.25) is 0 Å². The Balaban J connectivity index is 3.96. The van der Waals surface area contributed by atoms with Gasteiger partial charge >= 0.3 is 17.1 Å². The standard InChI is InChI=1S/C9H18N6O3/c1-10(2)13-7(16)14(11(3)4)9(18)15(8(13)17)12(5)6/h1-6H3. The topological polar surface area (TPSA) is 75.7 Å². The second-order valence-corrected chi connectivity index (χ2v) is 4.32. The predicted octanol–water partition coefficient (Wildman–Crippen LogP) is -3.24. The maximum Gasteiger partial charge on any atom is 0.374 e. The Bertz CT molecular complexity index is 490. The number of nitrogens with zero attached hydrogens (tertiary/aromatic N) is 6. The van der Waals surface area contributed by atoms with Crippen LogP contribution < -0.4 is 32.1 Å². The Labute approximate surface area is 104 Å². The Hall–Kier alpha value is -2.19. The highest BCUT2D eigenvalue weighted by Gasteiger charge is 2.18. The average Bonchev–Trinajstić information content (AvgIpc) is 2.14. The predicted molar refractivity (Wildman–Crippen MR) is 69.4 cm³/mol. The number of rotatable bonds is 3. The van der Waals surface area contributed by atoms with Crippen molar-refractivity contribution >= 4 is 0 Å². The largest absolute Gasteiger partial charge is 0.374 e. The number of aromatic nitrogens is 3. The van der Waals surface area contributed by atoms with E-state index in [2.05, 4.69) is 0 Å². The van der Waals surface area contributed by atoms with Crippen LogP contribution in [0.15, 0.2) is 14.4 Å². The molecule has 0 saturated heterocycles. The minimum atomic E-state index is -0.710. The Kier molecular flexibility index (Phi) is 3.54. The highest BCUT2D eigenvalue weighted by Crippen LogP contribution is 1.75. The van der Waals surface area contributed by atoms with Gasteiger partial charge in [-0.2, -0.15) is 14.0 Å². The summed E-state index contributed by atoms with van der Waals surface area (Å²) in [6.45, 7) is 0. The minimum Gasteiger partial charge on any atom is -0.310 e. The monoisotopic (exact) mass is 258 g/mol. The van der Waals surface area contributed by atoms with Gasteiger partial charge in [0.2, 0.25) is 0 Å². The summed E-state index contributed by atoms with van der Waals surface area (Å²) in [6, 6.07) is 0. The fourth-order valence-corrected chi connectivity index (χ4v) is 1.54. The maximum atomic E-state index is 12.1. The molecule has 18 heavy (non-hydrogen) atoms. The smallest absolute Gasteiger partial charge is 0.310 e. The Morgan fingerprint density at radius 2 is 0.722 bits per heavy atom. The van der Waals surface area contributed by atoms with E-state index < -0.39 is 17.1 Å². The molecule has 0 N–H and O–H groups in total. The van der Waals surface area contributed by atoms with Gasteiger partial charge < -0.3 is 15.0 Å². The van der Waals surface area contributed by atoms with Crippen molar-refractivity contribution in [3.05, 3.63) is 31.5 Å². The maximum absolute atomic E-state index is 12.1. The van der Waals surface area contributed by atoms with E-state index in [4.69, 9.17) is 0 Å². The van der Waals surface area contributed by atoms with E-state index in [1.807, 2.05) is 0 Å². The van der Waals surface area contributed by atoms with E-state index in [9.17, 15) is 14.4 Å². The fourth-order valence-electron chi connectivity index (χ4n) is 1.54. The zero-order chi connectivity index (χ0) is 14.2. The van der Waals surface area contributed by atoms with Crippen molar-refractivity contribution in [2.24, 2.45) is 0 Å². The fraction of sp³-hybridized carbons (Fsp3) is 0.667. The van der Waals surface area contributed by atoms with E-state index in [-0.39, 0.29) is 0 Å². The van der Waals surface area contributed by atoms with Crippen molar-refractivity contribution in [3.63, 3.8) is 0 Å². The van der Waals surface area contributed by atoms with Gasteiger partial charge in [0.1, 0.15) is 0 Å². The molecule has 0 atom stereocenters. The van der Waals surface area contributed by atoms with Crippen LogP contribution in [0.25, 0.3) is 0 Å². The second-order valence-electron chi connectivity index (χ2n) is 4.32. The summed E-state index contributed by atoms with van der Waals surface area (Å²) < 4.78 is 2.63. The zero-order valence-corrected chi connectivity index (χ0v) is 11.4. The highest BCUT2D eigenvalue weighted by molar-refractivity contribution is 4.90. The molecule has 0 fully saturated rings. The molecule has 0 aromatic carbocycles. The quantitative estimate of drug-likeness (QED) is 0.567. The lowest BCUT2D eigenvalue weighted by Crippen LogP contribution is -2.65. The molecule has 1 heterocycles. The summed E-state index contributed by atoms with van der Waals surface area (Å²) in [4.78, 5) is 36.2. The van der Waals surface area contributed by atoms with Crippen molar-refractivity contribution in [2.75, 3.05) is 57.3 Å². The van der Waals surface area contributed by atoms with Crippen LogP contribution in [0, 0.1) is 0 Å². The first-order chi connectivity index (χ1) is 8.20. The molecule has 0 spiro atoms. The Morgan fingerprint density at radius 1 is 0.556 bits per heavy atom. The third-order valence-corrected chi connectivity index (χ3v) is 2.29. The van der Waals surface area contributed by atoms with Crippen molar-refractivity contribution < 1.29 is 0 Å². The van der Waals surface area contributed by atoms with Gasteiger partial charge in [-0.25, -0.2) is 14.4 Å². The molecule has 0 radical (unpaired) electrons. The minimum absolute atomic E-state index is 0.710. The molecule has 0 aliphatic carbocycles. The molecule has 0 bridgehead atoms. The van der Waals surface area contributed by atoms with Gasteiger partial charge in [0.15, 0.2) is 0 Å². The first-order valence-corrected chi connectivity index (χ1v) is 5.24. The van der Waals surface area contributed by atoms with Gasteiger partial charge in [0.05, 0.1) is 0 Å². The SMILES string of the molecule is CN(C)n1c(=O)n(N(C)C)c(=O)n(N(C)C)c1=O. The third-order valence-electron chi connectivity index (χ3n) is 2.29. The molecule has 0 saturated carbocycles. The lowest BCUT2D eigenvalue weighted by Gasteiger charge is -2.24. The molecular weight excluding hydrogens is 240 g/mol. The van der Waals surface area contributed by atoms with Crippen LogP contribution in [-0.4, -0.2) is 56.3 Å². The zero-order valence-electron chi connectivity index (χ0n) is 11.4. The normalized spacial score (nSPS) is 10.3. The lowest BCUT2D eigenvalue weighted by molar-refractivity contribution is 0.461. The molecule has 0 amide bonds. The van der Waals surface area contributed by atoms with Crippen LogP contribution in [0.1, 0.15) is 0 Å². The van der Waals surface area contributed by atoms with Gasteiger partial charge in [-0.15, -0.1) is 0 Å². The van der Waals surface area contributed by atoms with Crippen molar-refractivity contribution in [1.29, 1.82) is 0 Å². The summed E-state index contributed by atoms with van der Waals surface area (Å²) >= 11 is 0. The van der Waals surface area contributed by atoms with Crippen molar-refractivity contribution in [2.45, 2.75) is 0 Å². The summed E-state index contributed by atoms with van der Waals surface area (Å²) in [5, 5.41) is 3.97. The van der Waals surface area contributed by atoms with E-state index >= 15 is 0 Å². The van der Waals surface area contributed by atoms with E-state index in [1.54, 1.807) is 42.3 Å². The van der Waals surface area contributed by atoms with Gasteiger partial charge in [-0.1, -0.05) is 0 Å². The average molecular weight is 258 g/mol. The first-order valence-electron chi connectivity index (χ1n) is 5.24. The second kappa shape index (κ2) is 4.59. The summed E-state index contributed by atoms with van der Waals surface area (Å²) in [5.41, 5.74) is -2.13. The van der Waals surface area contributed by atoms with Crippen LogP contribution in [-0.2, 0) is 0 Å². The third kappa shape index (κ3) is 1.98. The number of hydrogen-bond donors (Lipinski definition) is 0. The van der Waals surface area contributed by atoms with E-state index in [0.717, 1.165) is 14.0 Å². The molecule has 1 aromatic rings. The molecule has 0 unspecified atom stereocenters. The first kappa shape index (κ1) is 13.9.